The van der Waals surface area contributed by atoms with Crippen molar-refractivity contribution in [2.24, 2.45) is 5.92 Å². The van der Waals surface area contributed by atoms with E-state index in [1.165, 1.54) is 32.1 Å². The van der Waals surface area contributed by atoms with E-state index < -0.39 is 50.5 Å². The second kappa shape index (κ2) is 12.1. The van der Waals surface area contributed by atoms with Crippen molar-refractivity contribution in [3.63, 3.8) is 0 Å². The first kappa shape index (κ1) is 29.7. The van der Waals surface area contributed by atoms with Gasteiger partial charge in [-0.2, -0.15) is 0 Å². The normalized spacial score (nSPS) is 31.5. The maximum Gasteiger partial charge on any atom is 0.309 e. The summed E-state index contributed by atoms with van der Waals surface area (Å²) in [6, 6.07) is 0. The number of aryl methyl sites for hydroxylation is 1. The molecule has 0 amide bonds. The molecule has 35 heavy (non-hydrogen) atoms. The van der Waals surface area contributed by atoms with Gasteiger partial charge in [-0.3, -0.25) is 4.79 Å². The van der Waals surface area contributed by atoms with E-state index >= 15 is 0 Å². The molecule has 2 heterocycles. The molecule has 0 fully saturated rings. The molecule has 0 aliphatic carbocycles. The van der Waals surface area contributed by atoms with Crippen molar-refractivity contribution in [3.8, 4) is 0 Å². The molecule has 1 aliphatic heterocycles. The Morgan fingerprint density at radius 2 is 1.91 bits per heavy atom. The van der Waals surface area contributed by atoms with Gasteiger partial charge in [-0.15, -0.1) is 11.3 Å². The zero-order chi connectivity index (χ0) is 26.6. The van der Waals surface area contributed by atoms with Crippen LogP contribution in [0.4, 0.5) is 0 Å². The molecule has 1 aromatic heterocycles. The largest absolute Gasteiger partial charge is 0.457 e. The number of nitrogens with zero attached hydrogens (tertiary/aromatic N) is 1. The van der Waals surface area contributed by atoms with Gasteiger partial charge in [-0.25, -0.2) is 13.4 Å². The molecule has 0 radical (unpaired) electrons. The van der Waals surface area contributed by atoms with Crippen LogP contribution in [0.3, 0.4) is 0 Å². The number of carbonyl (C=O) groups is 1. The van der Waals surface area contributed by atoms with Crippen LogP contribution in [-0.4, -0.2) is 57.9 Å². The minimum Gasteiger partial charge on any atom is -0.457 e. The fraction of sp³-hybridized carbons (Fsp3) is 0.692. The fourth-order valence-electron chi connectivity index (χ4n) is 4.31. The van der Waals surface area contributed by atoms with E-state index in [4.69, 9.17) is 4.74 Å². The van der Waals surface area contributed by atoms with Crippen molar-refractivity contribution in [1.29, 1.82) is 0 Å². The molecule has 0 saturated heterocycles. The average Bonchev–Trinajstić information content (AvgIpc) is 3.18. The first-order valence-electron chi connectivity index (χ1n) is 12.2. The van der Waals surface area contributed by atoms with Gasteiger partial charge in [0, 0.05) is 11.8 Å². The SMILES string of the molecule is CC1=CC[C@@H](C(C)=Cc2csc(C)n2)OC(=O)CC(O)C(C)(C)S(=O)(=O)C(C)C(O)[C@@H](C)CCC1. The minimum atomic E-state index is -3.98. The highest BCUT2D eigenvalue weighted by atomic mass is 32.2. The van der Waals surface area contributed by atoms with E-state index in [0.717, 1.165) is 34.7 Å². The molecule has 1 aromatic rings. The summed E-state index contributed by atoms with van der Waals surface area (Å²) in [6.07, 6.45) is 3.12. The second-order valence-electron chi connectivity index (χ2n) is 10.4. The number of sulfone groups is 1. The van der Waals surface area contributed by atoms with Crippen LogP contribution in [0.25, 0.3) is 6.08 Å². The Labute approximate surface area is 214 Å². The van der Waals surface area contributed by atoms with E-state index in [2.05, 4.69) is 11.1 Å². The average molecular weight is 528 g/mol. The molecule has 9 heteroatoms. The molecule has 3 unspecified atom stereocenters. The Hall–Kier alpha value is -1.55. The van der Waals surface area contributed by atoms with E-state index in [9.17, 15) is 23.4 Å². The number of cyclic esters (lactones) is 1. The molecule has 0 spiro atoms. The Morgan fingerprint density at radius 1 is 1.26 bits per heavy atom. The first-order chi connectivity index (χ1) is 16.2. The summed E-state index contributed by atoms with van der Waals surface area (Å²) < 4.78 is 30.8. The number of aliphatic hydroxyl groups excluding tert-OH is 2. The first-order valence-corrected chi connectivity index (χ1v) is 14.6. The summed E-state index contributed by atoms with van der Waals surface area (Å²) in [5.41, 5.74) is 2.75. The number of thiazole rings is 1. The lowest BCUT2D eigenvalue weighted by atomic mass is 9.94. The summed E-state index contributed by atoms with van der Waals surface area (Å²) in [5.74, 6) is -0.898. The number of rotatable bonds is 2. The lowest BCUT2D eigenvalue weighted by Crippen LogP contribution is -2.52. The van der Waals surface area contributed by atoms with E-state index in [1.807, 2.05) is 39.2 Å². The van der Waals surface area contributed by atoms with Crippen LogP contribution in [0.5, 0.6) is 0 Å². The van der Waals surface area contributed by atoms with Crippen LogP contribution < -0.4 is 0 Å². The number of hydrogen-bond acceptors (Lipinski definition) is 8. The predicted molar refractivity (Wildman–Crippen MR) is 141 cm³/mol. The van der Waals surface area contributed by atoms with Gasteiger partial charge in [0.15, 0.2) is 9.84 Å². The van der Waals surface area contributed by atoms with Crippen molar-refractivity contribution in [2.45, 2.75) is 109 Å². The number of esters is 1. The third-order valence-electron chi connectivity index (χ3n) is 7.15. The van der Waals surface area contributed by atoms with Crippen molar-refractivity contribution in [1.82, 2.24) is 4.98 Å². The molecular formula is C26H41NO6S2. The Bertz CT molecular complexity index is 1040. The smallest absolute Gasteiger partial charge is 0.309 e. The highest BCUT2D eigenvalue weighted by Gasteiger charge is 2.47. The standard InChI is InChI=1S/C26H41NO6S2/c1-16-9-8-10-17(2)25(30)19(4)35(31,32)26(6,7)23(28)14-24(29)33-22(12-11-16)18(3)13-21-15-34-20(5)27-21/h11,13,15,17,19,22-23,25,28,30H,8-10,12,14H2,1-7H3/t17-,19?,22-,23?,25?/m0/s1. The molecular weight excluding hydrogens is 486 g/mol. The zero-order valence-electron chi connectivity index (χ0n) is 21.9. The second-order valence-corrected chi connectivity index (χ2v) is 14.3. The molecule has 5 atom stereocenters. The molecule has 0 aromatic carbocycles. The van der Waals surface area contributed by atoms with Crippen molar-refractivity contribution < 1.29 is 28.2 Å². The maximum absolute atomic E-state index is 13.4. The van der Waals surface area contributed by atoms with Gasteiger partial charge >= 0.3 is 5.97 Å². The summed E-state index contributed by atoms with van der Waals surface area (Å²) in [4.78, 5) is 17.3. The van der Waals surface area contributed by atoms with Gasteiger partial charge in [-0.1, -0.05) is 18.6 Å². The number of allylic oxidation sites excluding steroid dienone is 1. The molecule has 0 saturated carbocycles. The third kappa shape index (κ3) is 7.47. The van der Waals surface area contributed by atoms with Crippen molar-refractivity contribution in [2.75, 3.05) is 0 Å². The molecule has 2 rings (SSSR count). The van der Waals surface area contributed by atoms with E-state index in [1.54, 1.807) is 0 Å². The monoisotopic (exact) mass is 527 g/mol. The number of ether oxygens (including phenoxy) is 1. The van der Waals surface area contributed by atoms with E-state index in [0.29, 0.717) is 12.8 Å². The number of hydrogen-bond donors (Lipinski definition) is 2. The van der Waals surface area contributed by atoms with Crippen LogP contribution in [0.15, 0.2) is 22.6 Å². The summed E-state index contributed by atoms with van der Waals surface area (Å²) in [5, 5.41) is 23.4. The van der Waals surface area contributed by atoms with Gasteiger partial charge in [0.1, 0.15) is 6.10 Å². The summed E-state index contributed by atoms with van der Waals surface area (Å²) in [7, 11) is -3.98. The van der Waals surface area contributed by atoms with Crippen LogP contribution in [-0.2, 0) is 19.4 Å². The molecule has 2 N–H and O–H groups in total. The summed E-state index contributed by atoms with van der Waals surface area (Å²) in [6.45, 7) is 11.9. The highest BCUT2D eigenvalue weighted by molar-refractivity contribution is 7.93. The summed E-state index contributed by atoms with van der Waals surface area (Å²) >= 11 is 1.54. The lowest BCUT2D eigenvalue weighted by Gasteiger charge is -2.35. The highest BCUT2D eigenvalue weighted by Crippen LogP contribution is 2.32. The minimum absolute atomic E-state index is 0.224. The number of carbonyl (C=O) groups excluding carboxylic acids is 1. The Morgan fingerprint density at radius 3 is 2.51 bits per heavy atom. The van der Waals surface area contributed by atoms with E-state index in [-0.39, 0.29) is 5.92 Å². The van der Waals surface area contributed by atoms with Gasteiger partial charge in [0.05, 0.1) is 39.3 Å². The van der Waals surface area contributed by atoms with Gasteiger partial charge < -0.3 is 14.9 Å². The van der Waals surface area contributed by atoms with Crippen LogP contribution >= 0.6 is 11.3 Å². The third-order valence-corrected chi connectivity index (χ3v) is 10.9. The maximum atomic E-state index is 13.4. The van der Waals surface area contributed by atoms with Crippen LogP contribution in [0.2, 0.25) is 0 Å². The lowest BCUT2D eigenvalue weighted by molar-refractivity contribution is -0.149. The Kier molecular flexibility index (Phi) is 10.3. The van der Waals surface area contributed by atoms with Gasteiger partial charge in [-0.05, 0) is 78.4 Å². The number of aromatic nitrogens is 1. The fourth-order valence-corrected chi connectivity index (χ4v) is 6.94. The van der Waals surface area contributed by atoms with Crippen LogP contribution in [0, 0.1) is 12.8 Å². The molecule has 7 nitrogen and oxygen atoms in total. The Balaban J connectivity index is 2.39. The van der Waals surface area contributed by atoms with Gasteiger partial charge in [0.25, 0.3) is 0 Å². The van der Waals surface area contributed by atoms with Crippen LogP contribution in [0.1, 0.15) is 84.3 Å². The quantitative estimate of drug-likeness (QED) is 0.426. The molecule has 1 aliphatic rings. The molecule has 0 bridgehead atoms. The van der Waals surface area contributed by atoms with Crippen molar-refractivity contribution >= 4 is 33.2 Å². The molecule has 198 valence electrons. The topological polar surface area (TPSA) is 114 Å². The predicted octanol–water partition coefficient (Wildman–Crippen LogP) is 4.62. The number of aliphatic hydroxyl groups is 2. The van der Waals surface area contributed by atoms with Gasteiger partial charge in [0.2, 0.25) is 0 Å². The van der Waals surface area contributed by atoms with Crippen molar-refractivity contribution in [3.05, 3.63) is 33.3 Å². The zero-order valence-corrected chi connectivity index (χ0v) is 23.6.